The van der Waals surface area contributed by atoms with Crippen LogP contribution < -0.4 is 0 Å². The molecule has 1 aliphatic rings. The van der Waals surface area contributed by atoms with Crippen LogP contribution in [-0.2, 0) is 30.5 Å². The van der Waals surface area contributed by atoms with E-state index in [4.69, 9.17) is 4.74 Å². The molecule has 3 rings (SSSR count). The van der Waals surface area contributed by atoms with Crippen LogP contribution in [0.3, 0.4) is 0 Å². The van der Waals surface area contributed by atoms with Crippen molar-refractivity contribution in [2.75, 3.05) is 6.54 Å². The molecule has 0 saturated carbocycles. The summed E-state index contributed by atoms with van der Waals surface area (Å²) in [6, 6.07) is 4.56. The standard InChI is InChI=1S/C15H14F3N3O2/c16-15(17,18)12-3-1-10(2-4-12)9-23-14(22)21-6-5-11-7-19-20-13(11)8-21/h1-4,7H,5-6,8-9H2,(H,19,20). The lowest BCUT2D eigenvalue weighted by Crippen LogP contribution is -2.36. The van der Waals surface area contributed by atoms with E-state index in [1.807, 2.05) is 0 Å². The third-order valence-electron chi connectivity index (χ3n) is 3.71. The lowest BCUT2D eigenvalue weighted by atomic mass is 10.1. The highest BCUT2D eigenvalue weighted by atomic mass is 19.4. The Balaban J connectivity index is 1.55. The average molecular weight is 325 g/mol. The molecule has 0 radical (unpaired) electrons. The molecule has 0 fully saturated rings. The van der Waals surface area contributed by atoms with E-state index in [9.17, 15) is 18.0 Å². The highest BCUT2D eigenvalue weighted by Gasteiger charge is 2.30. The molecular weight excluding hydrogens is 311 g/mol. The van der Waals surface area contributed by atoms with Crippen molar-refractivity contribution in [2.24, 2.45) is 0 Å². The van der Waals surface area contributed by atoms with Crippen LogP contribution in [-0.4, -0.2) is 27.7 Å². The van der Waals surface area contributed by atoms with Gasteiger partial charge < -0.3 is 9.64 Å². The topological polar surface area (TPSA) is 58.2 Å². The second-order valence-electron chi connectivity index (χ2n) is 5.29. The molecule has 23 heavy (non-hydrogen) atoms. The van der Waals surface area contributed by atoms with E-state index in [-0.39, 0.29) is 6.61 Å². The third-order valence-corrected chi connectivity index (χ3v) is 3.71. The number of rotatable bonds is 2. The Hall–Kier alpha value is -2.51. The number of hydrogen-bond donors (Lipinski definition) is 1. The highest BCUT2D eigenvalue weighted by Crippen LogP contribution is 2.29. The molecule has 1 aliphatic heterocycles. The first-order valence-electron chi connectivity index (χ1n) is 7.02. The Morgan fingerprint density at radius 2 is 2.04 bits per heavy atom. The number of H-pyrrole nitrogens is 1. The van der Waals surface area contributed by atoms with E-state index >= 15 is 0 Å². The molecule has 0 spiro atoms. The van der Waals surface area contributed by atoms with Crippen molar-refractivity contribution in [3.63, 3.8) is 0 Å². The van der Waals surface area contributed by atoms with Gasteiger partial charge in [-0.15, -0.1) is 0 Å². The molecule has 0 bridgehead atoms. The van der Waals surface area contributed by atoms with Gasteiger partial charge in [0.25, 0.3) is 0 Å². The quantitative estimate of drug-likeness (QED) is 0.923. The Morgan fingerprint density at radius 1 is 1.30 bits per heavy atom. The molecule has 122 valence electrons. The van der Waals surface area contributed by atoms with Gasteiger partial charge in [0, 0.05) is 6.54 Å². The number of nitrogens with one attached hydrogen (secondary N) is 1. The van der Waals surface area contributed by atoms with Gasteiger partial charge in [-0.1, -0.05) is 12.1 Å². The first-order chi connectivity index (χ1) is 10.9. The normalized spacial score (nSPS) is 14.5. The van der Waals surface area contributed by atoms with Gasteiger partial charge in [-0.3, -0.25) is 5.10 Å². The summed E-state index contributed by atoms with van der Waals surface area (Å²) in [5.41, 5.74) is 1.74. The summed E-state index contributed by atoms with van der Waals surface area (Å²) in [4.78, 5) is 13.6. The van der Waals surface area contributed by atoms with Crippen LogP contribution in [0.5, 0.6) is 0 Å². The van der Waals surface area contributed by atoms with Crippen molar-refractivity contribution in [1.29, 1.82) is 0 Å². The predicted octanol–water partition coefficient (Wildman–Crippen LogP) is 3.12. The van der Waals surface area contributed by atoms with Crippen molar-refractivity contribution >= 4 is 6.09 Å². The minimum atomic E-state index is -4.37. The molecule has 0 aliphatic carbocycles. The first-order valence-corrected chi connectivity index (χ1v) is 7.02. The molecule has 1 aromatic heterocycles. The van der Waals surface area contributed by atoms with Crippen LogP contribution in [0.2, 0.25) is 0 Å². The van der Waals surface area contributed by atoms with Gasteiger partial charge in [-0.2, -0.15) is 18.3 Å². The number of halogens is 3. The van der Waals surface area contributed by atoms with Gasteiger partial charge in [0.2, 0.25) is 0 Å². The molecule has 0 unspecified atom stereocenters. The van der Waals surface area contributed by atoms with Crippen molar-refractivity contribution < 1.29 is 22.7 Å². The summed E-state index contributed by atoms with van der Waals surface area (Å²) in [6.07, 6.45) is -2.43. The number of alkyl halides is 3. The zero-order valence-electron chi connectivity index (χ0n) is 12.1. The lowest BCUT2D eigenvalue weighted by Gasteiger charge is -2.25. The fraction of sp³-hybridized carbons (Fsp3) is 0.333. The van der Waals surface area contributed by atoms with Crippen molar-refractivity contribution in [3.05, 3.63) is 52.8 Å². The van der Waals surface area contributed by atoms with E-state index in [2.05, 4.69) is 10.2 Å². The third kappa shape index (κ3) is 3.46. The second-order valence-corrected chi connectivity index (χ2v) is 5.29. The Kier molecular flexibility index (Phi) is 3.97. The maximum Gasteiger partial charge on any atom is 0.416 e. The Morgan fingerprint density at radius 3 is 2.74 bits per heavy atom. The van der Waals surface area contributed by atoms with E-state index in [1.165, 1.54) is 17.0 Å². The van der Waals surface area contributed by atoms with E-state index in [0.717, 1.165) is 23.4 Å². The first kappa shape index (κ1) is 15.4. The molecule has 1 aromatic carbocycles. The van der Waals surface area contributed by atoms with Crippen LogP contribution in [0.15, 0.2) is 30.5 Å². The van der Waals surface area contributed by atoms with Crippen LogP contribution in [0.1, 0.15) is 22.4 Å². The second kappa shape index (κ2) is 5.94. The van der Waals surface area contributed by atoms with E-state index in [1.54, 1.807) is 6.20 Å². The number of carbonyl (C=O) groups excluding carboxylic acids is 1. The van der Waals surface area contributed by atoms with Gasteiger partial charge in [-0.25, -0.2) is 4.79 Å². The number of carbonyl (C=O) groups is 1. The molecule has 5 nitrogen and oxygen atoms in total. The zero-order valence-corrected chi connectivity index (χ0v) is 12.1. The number of fused-ring (bicyclic) bond motifs is 1. The molecule has 8 heteroatoms. The maximum absolute atomic E-state index is 12.5. The highest BCUT2D eigenvalue weighted by molar-refractivity contribution is 5.68. The van der Waals surface area contributed by atoms with Crippen molar-refractivity contribution in [2.45, 2.75) is 25.7 Å². The minimum absolute atomic E-state index is 0.0662. The number of aromatic amines is 1. The van der Waals surface area contributed by atoms with Crippen LogP contribution in [0.4, 0.5) is 18.0 Å². The van der Waals surface area contributed by atoms with Crippen LogP contribution in [0.25, 0.3) is 0 Å². The fourth-order valence-electron chi connectivity index (χ4n) is 2.40. The van der Waals surface area contributed by atoms with Gasteiger partial charge in [0.05, 0.1) is 24.0 Å². The molecule has 1 amide bonds. The van der Waals surface area contributed by atoms with Gasteiger partial charge in [-0.05, 0) is 29.7 Å². The molecule has 2 heterocycles. The number of nitrogens with zero attached hydrogens (tertiary/aromatic N) is 2. The summed E-state index contributed by atoms with van der Waals surface area (Å²) in [7, 11) is 0. The van der Waals surface area contributed by atoms with Crippen molar-refractivity contribution in [1.82, 2.24) is 15.1 Å². The molecule has 1 N–H and O–H groups in total. The minimum Gasteiger partial charge on any atom is -0.445 e. The number of amides is 1. The number of ether oxygens (including phenoxy) is 1. The predicted molar refractivity (Wildman–Crippen MR) is 74.3 cm³/mol. The Labute approximate surface area is 130 Å². The molecule has 0 saturated heterocycles. The summed E-state index contributed by atoms with van der Waals surface area (Å²) in [5.74, 6) is 0. The van der Waals surface area contributed by atoms with Crippen LogP contribution >= 0.6 is 0 Å². The molecule has 2 aromatic rings. The van der Waals surface area contributed by atoms with Gasteiger partial charge >= 0.3 is 12.3 Å². The summed E-state index contributed by atoms with van der Waals surface area (Å²) in [5, 5.41) is 6.75. The number of aromatic nitrogens is 2. The molecular formula is C15H14F3N3O2. The molecule has 0 atom stereocenters. The Bertz CT molecular complexity index is 695. The summed E-state index contributed by atoms with van der Waals surface area (Å²) < 4.78 is 42.6. The number of hydrogen-bond acceptors (Lipinski definition) is 3. The van der Waals surface area contributed by atoms with E-state index < -0.39 is 17.8 Å². The smallest absolute Gasteiger partial charge is 0.416 e. The van der Waals surface area contributed by atoms with Crippen LogP contribution in [0, 0.1) is 0 Å². The zero-order chi connectivity index (χ0) is 16.4. The fourth-order valence-corrected chi connectivity index (χ4v) is 2.40. The van der Waals surface area contributed by atoms with E-state index in [0.29, 0.717) is 25.1 Å². The average Bonchev–Trinajstić information content (AvgIpc) is 2.99. The summed E-state index contributed by atoms with van der Waals surface area (Å²) in [6.45, 7) is 0.850. The maximum atomic E-state index is 12.5. The van der Waals surface area contributed by atoms with Gasteiger partial charge in [0.1, 0.15) is 6.61 Å². The monoisotopic (exact) mass is 325 g/mol. The summed E-state index contributed by atoms with van der Waals surface area (Å²) >= 11 is 0. The SMILES string of the molecule is O=C(OCc1ccc(C(F)(F)F)cc1)N1CCc2cn[nH]c2C1. The lowest BCUT2D eigenvalue weighted by molar-refractivity contribution is -0.137. The van der Waals surface area contributed by atoms with Gasteiger partial charge in [0.15, 0.2) is 0 Å². The largest absolute Gasteiger partial charge is 0.445 e. The number of benzene rings is 1. The van der Waals surface area contributed by atoms with Crippen molar-refractivity contribution in [3.8, 4) is 0 Å².